The summed E-state index contributed by atoms with van der Waals surface area (Å²) in [5, 5.41) is 6.54. The van der Waals surface area contributed by atoms with Gasteiger partial charge in [0, 0.05) is 37.0 Å². The smallest absolute Gasteiger partial charge is 0.246 e. The molecule has 2 aromatic rings. The van der Waals surface area contributed by atoms with Gasteiger partial charge in [-0.25, -0.2) is 0 Å². The van der Waals surface area contributed by atoms with Gasteiger partial charge in [0.05, 0.1) is 6.04 Å². The van der Waals surface area contributed by atoms with Crippen LogP contribution in [0.3, 0.4) is 0 Å². The lowest BCUT2D eigenvalue weighted by Gasteiger charge is -2.33. The highest BCUT2D eigenvalue weighted by Gasteiger charge is 2.34. The summed E-state index contributed by atoms with van der Waals surface area (Å²) in [5.74, 6) is -1.38. The van der Waals surface area contributed by atoms with E-state index in [9.17, 15) is 19.2 Å². The van der Waals surface area contributed by atoms with Gasteiger partial charge in [0.25, 0.3) is 0 Å². The van der Waals surface area contributed by atoms with E-state index in [1.165, 1.54) is 18.7 Å². The van der Waals surface area contributed by atoms with E-state index in [4.69, 9.17) is 0 Å². The van der Waals surface area contributed by atoms with Crippen LogP contribution in [0.5, 0.6) is 0 Å². The maximum atomic E-state index is 13.4. The molecule has 0 fully saturated rings. The first-order chi connectivity index (χ1) is 15.6. The second-order valence-corrected chi connectivity index (χ2v) is 8.87. The van der Waals surface area contributed by atoms with Gasteiger partial charge in [0.2, 0.25) is 17.7 Å². The van der Waals surface area contributed by atoms with Gasteiger partial charge in [-0.15, -0.1) is 0 Å². The number of fused-ring (bicyclic) bond motifs is 1. The number of amides is 3. The molecule has 1 unspecified atom stereocenters. The highest BCUT2D eigenvalue weighted by Crippen LogP contribution is 2.19. The Kier molecular flexibility index (Phi) is 9.20. The Labute approximate surface area is 195 Å². The van der Waals surface area contributed by atoms with Crippen LogP contribution in [0.15, 0.2) is 30.5 Å². The summed E-state index contributed by atoms with van der Waals surface area (Å²) in [4.78, 5) is 55.1. The highest BCUT2D eigenvalue weighted by molar-refractivity contribution is 5.94. The Morgan fingerprint density at radius 2 is 1.70 bits per heavy atom. The van der Waals surface area contributed by atoms with Crippen LogP contribution in [0.4, 0.5) is 0 Å². The number of benzene rings is 1. The molecule has 0 aliphatic carbocycles. The number of carbonyl (C=O) groups is 4. The number of Topliss-reactive ketones (excluding diaryl/α,β-unsaturated/α-hetero) is 1. The average Bonchev–Trinajstić information content (AvgIpc) is 3.16. The summed E-state index contributed by atoms with van der Waals surface area (Å²) in [5.41, 5.74) is 1.84. The van der Waals surface area contributed by atoms with Crippen molar-refractivity contribution < 1.29 is 19.2 Å². The quantitative estimate of drug-likeness (QED) is 0.482. The second-order valence-electron chi connectivity index (χ2n) is 8.87. The molecule has 0 radical (unpaired) electrons. The molecule has 8 nitrogen and oxygen atoms in total. The second kappa shape index (κ2) is 11.6. The van der Waals surface area contributed by atoms with Gasteiger partial charge in [-0.3, -0.25) is 19.2 Å². The van der Waals surface area contributed by atoms with Crippen molar-refractivity contribution >= 4 is 34.4 Å². The molecule has 3 amide bonds. The van der Waals surface area contributed by atoms with Gasteiger partial charge >= 0.3 is 0 Å². The largest absolute Gasteiger partial charge is 0.361 e. The van der Waals surface area contributed by atoms with Crippen LogP contribution < -0.4 is 10.6 Å². The number of nitrogens with one attached hydrogen (secondary N) is 3. The number of hydrogen-bond donors (Lipinski definition) is 3. The van der Waals surface area contributed by atoms with E-state index >= 15 is 0 Å². The Morgan fingerprint density at radius 3 is 2.27 bits per heavy atom. The highest BCUT2D eigenvalue weighted by atomic mass is 16.2. The van der Waals surface area contributed by atoms with E-state index in [0.717, 1.165) is 16.5 Å². The van der Waals surface area contributed by atoms with Crippen molar-refractivity contribution in [2.45, 2.75) is 72.5 Å². The fourth-order valence-electron chi connectivity index (χ4n) is 3.88. The Balaban J connectivity index is 2.27. The van der Waals surface area contributed by atoms with Gasteiger partial charge in [-0.2, -0.15) is 0 Å². The number of H-pyrrole nitrogens is 1. The summed E-state index contributed by atoms with van der Waals surface area (Å²) < 4.78 is 0. The summed E-state index contributed by atoms with van der Waals surface area (Å²) in [6.45, 7) is 10.6. The fraction of sp³-hybridized carbons (Fsp3) is 0.520. The predicted molar refractivity (Wildman–Crippen MR) is 129 cm³/mol. The molecule has 0 saturated carbocycles. The van der Waals surface area contributed by atoms with Crippen molar-refractivity contribution in [3.05, 3.63) is 36.0 Å². The lowest BCUT2D eigenvalue weighted by atomic mass is 9.99. The van der Waals surface area contributed by atoms with Crippen molar-refractivity contribution in [1.29, 1.82) is 0 Å². The molecular formula is C25H36N4O4. The third-order valence-electron chi connectivity index (χ3n) is 5.83. The number of para-hydroxylation sites is 1. The first kappa shape index (κ1) is 26.1. The number of hydrogen-bond acceptors (Lipinski definition) is 4. The van der Waals surface area contributed by atoms with Crippen LogP contribution in [-0.4, -0.2) is 58.1 Å². The SMILES string of the molecule is CCCN(C(=O)C(NC(=O)[C@H](Cc1c[nH]c2ccccc12)NC(C)=O)C(C)C)[C@@H](C)C(C)=O. The summed E-state index contributed by atoms with van der Waals surface area (Å²) in [6.07, 6.45) is 2.80. The first-order valence-corrected chi connectivity index (χ1v) is 11.5. The maximum Gasteiger partial charge on any atom is 0.246 e. The fourth-order valence-corrected chi connectivity index (χ4v) is 3.88. The van der Waals surface area contributed by atoms with Crippen molar-refractivity contribution in [1.82, 2.24) is 20.5 Å². The number of ketones is 1. The molecule has 3 N–H and O–H groups in total. The van der Waals surface area contributed by atoms with E-state index in [0.29, 0.717) is 13.0 Å². The normalized spacial score (nSPS) is 13.9. The van der Waals surface area contributed by atoms with Crippen LogP contribution in [0.1, 0.15) is 53.5 Å². The Bertz CT molecular complexity index is 997. The molecular weight excluding hydrogens is 420 g/mol. The minimum absolute atomic E-state index is 0.110. The molecule has 0 aliphatic rings. The Morgan fingerprint density at radius 1 is 1.03 bits per heavy atom. The van der Waals surface area contributed by atoms with E-state index in [-0.39, 0.29) is 29.9 Å². The monoisotopic (exact) mass is 456 g/mol. The zero-order chi connectivity index (χ0) is 24.7. The number of aromatic amines is 1. The predicted octanol–water partition coefficient (Wildman–Crippen LogP) is 2.57. The molecule has 1 heterocycles. The van der Waals surface area contributed by atoms with Crippen LogP contribution in [-0.2, 0) is 25.6 Å². The van der Waals surface area contributed by atoms with Crippen LogP contribution >= 0.6 is 0 Å². The molecule has 1 aromatic heterocycles. The van der Waals surface area contributed by atoms with Crippen LogP contribution in [0.25, 0.3) is 10.9 Å². The van der Waals surface area contributed by atoms with Gasteiger partial charge in [0.1, 0.15) is 12.1 Å². The molecule has 180 valence electrons. The van der Waals surface area contributed by atoms with Gasteiger partial charge in [-0.05, 0) is 37.8 Å². The number of nitrogens with zero attached hydrogens (tertiary/aromatic N) is 1. The van der Waals surface area contributed by atoms with Gasteiger partial charge in [0.15, 0.2) is 5.78 Å². The summed E-state index contributed by atoms with van der Waals surface area (Å²) >= 11 is 0. The molecule has 0 bridgehead atoms. The molecule has 3 atom stereocenters. The Hall–Kier alpha value is -3.16. The van der Waals surface area contributed by atoms with Crippen molar-refractivity contribution in [2.75, 3.05) is 6.54 Å². The third kappa shape index (κ3) is 6.66. The average molecular weight is 457 g/mol. The zero-order valence-electron chi connectivity index (χ0n) is 20.4. The lowest BCUT2D eigenvalue weighted by molar-refractivity contribution is -0.143. The molecule has 0 saturated heterocycles. The van der Waals surface area contributed by atoms with Crippen molar-refractivity contribution in [3.63, 3.8) is 0 Å². The van der Waals surface area contributed by atoms with E-state index < -0.39 is 24.0 Å². The summed E-state index contributed by atoms with van der Waals surface area (Å²) in [7, 11) is 0. The summed E-state index contributed by atoms with van der Waals surface area (Å²) in [6, 6.07) is 5.50. The molecule has 0 aliphatic heterocycles. The third-order valence-corrected chi connectivity index (χ3v) is 5.83. The number of aromatic nitrogens is 1. The van der Waals surface area contributed by atoms with Crippen LogP contribution in [0, 0.1) is 5.92 Å². The van der Waals surface area contributed by atoms with Crippen molar-refractivity contribution in [2.24, 2.45) is 5.92 Å². The molecule has 2 rings (SSSR count). The van der Waals surface area contributed by atoms with E-state index in [1.54, 1.807) is 6.92 Å². The number of rotatable bonds is 11. The number of carbonyl (C=O) groups excluding carboxylic acids is 4. The minimum Gasteiger partial charge on any atom is -0.361 e. The molecule has 8 heteroatoms. The molecule has 1 aromatic carbocycles. The maximum absolute atomic E-state index is 13.4. The van der Waals surface area contributed by atoms with Crippen LogP contribution in [0.2, 0.25) is 0 Å². The van der Waals surface area contributed by atoms with E-state index in [1.807, 2.05) is 51.2 Å². The minimum atomic E-state index is -0.847. The van der Waals surface area contributed by atoms with Gasteiger partial charge in [-0.1, -0.05) is 39.0 Å². The zero-order valence-corrected chi connectivity index (χ0v) is 20.4. The topological polar surface area (TPSA) is 111 Å². The lowest BCUT2D eigenvalue weighted by Crippen LogP contribution is -2.58. The van der Waals surface area contributed by atoms with Crippen molar-refractivity contribution in [3.8, 4) is 0 Å². The first-order valence-electron chi connectivity index (χ1n) is 11.5. The molecule has 33 heavy (non-hydrogen) atoms. The van der Waals surface area contributed by atoms with Gasteiger partial charge < -0.3 is 20.5 Å². The standard InChI is InChI=1S/C25H36N4O4/c1-7-12-29(16(4)17(5)30)25(33)23(15(2)3)28-24(32)22(27-18(6)31)13-19-14-26-21-11-9-8-10-20(19)21/h8-11,14-16,22-23,26H,7,12-13H2,1-6H3,(H,27,31)(H,28,32)/t16-,22-,23?/m0/s1. The van der Waals surface area contributed by atoms with E-state index in [2.05, 4.69) is 15.6 Å². The molecule has 0 spiro atoms.